The molecule has 0 spiro atoms. The van der Waals surface area contributed by atoms with Gasteiger partial charge in [-0.15, -0.1) is 0 Å². The minimum Gasteiger partial charge on any atom is -0.387 e. The van der Waals surface area contributed by atoms with Gasteiger partial charge in [-0.05, 0) is 27.9 Å². The summed E-state index contributed by atoms with van der Waals surface area (Å²) in [5, 5.41) is 26.3. The number of nitrogens with zero attached hydrogens (tertiary/aromatic N) is 4. The normalized spacial score (nSPS) is 23.3. The number of aliphatic hydroxyl groups is 2. The molecule has 0 saturated carbocycles. The number of hydrogen-bond donors (Lipinski definition) is 6. The Hall–Kier alpha value is -2.48. The van der Waals surface area contributed by atoms with Crippen LogP contribution in [0.4, 0.5) is 5.82 Å². The molecule has 0 amide bonds. The van der Waals surface area contributed by atoms with Crippen molar-refractivity contribution in [2.45, 2.75) is 31.1 Å². The Labute approximate surface area is 225 Å². The summed E-state index contributed by atoms with van der Waals surface area (Å²) in [4.78, 5) is 40.3. The molecular formula is C22H24ClN5O9P2. The molecular weight excluding hydrogens is 576 g/mol. The van der Waals surface area contributed by atoms with Crippen LogP contribution in [0.3, 0.4) is 0 Å². The van der Waals surface area contributed by atoms with Crippen LogP contribution < -0.4 is 5.32 Å². The van der Waals surface area contributed by atoms with Gasteiger partial charge in [-0.1, -0.05) is 42.5 Å². The molecule has 2 aromatic carbocycles. The van der Waals surface area contributed by atoms with Gasteiger partial charge in [0.25, 0.3) is 0 Å². The smallest absolute Gasteiger partial charge is 0.340 e. The van der Waals surface area contributed by atoms with E-state index in [0.29, 0.717) is 17.9 Å². The summed E-state index contributed by atoms with van der Waals surface area (Å²) in [6, 6.07) is 13.9. The molecule has 1 aliphatic heterocycles. The largest absolute Gasteiger partial charge is 0.387 e. The van der Waals surface area contributed by atoms with E-state index in [1.54, 1.807) is 0 Å². The molecule has 39 heavy (non-hydrogen) atoms. The first kappa shape index (κ1) is 28.1. The predicted octanol–water partition coefficient (Wildman–Crippen LogP) is 2.20. The van der Waals surface area contributed by atoms with Gasteiger partial charge in [0.1, 0.15) is 18.3 Å². The van der Waals surface area contributed by atoms with Crippen LogP contribution in [0.2, 0.25) is 5.28 Å². The highest BCUT2D eigenvalue weighted by Crippen LogP contribution is 2.55. The fourth-order valence-electron chi connectivity index (χ4n) is 4.39. The van der Waals surface area contributed by atoms with E-state index >= 15 is 0 Å². The number of aliphatic hydroxyl groups excluding tert-OH is 2. The van der Waals surface area contributed by atoms with Gasteiger partial charge in [0, 0.05) is 6.54 Å². The Kier molecular flexibility index (Phi) is 7.79. The number of anilines is 1. The molecule has 208 valence electrons. The maximum Gasteiger partial charge on any atom is 0.340 e. The van der Waals surface area contributed by atoms with Crippen LogP contribution in [0.25, 0.3) is 21.9 Å². The van der Waals surface area contributed by atoms with Crippen LogP contribution >= 0.6 is 26.8 Å². The zero-order valence-electron chi connectivity index (χ0n) is 20.0. The van der Waals surface area contributed by atoms with Crippen molar-refractivity contribution < 1.29 is 43.3 Å². The van der Waals surface area contributed by atoms with Crippen molar-refractivity contribution in [3.05, 3.63) is 59.6 Å². The third kappa shape index (κ3) is 6.16. The average Bonchev–Trinajstić information content (AvgIpc) is 3.40. The second kappa shape index (κ2) is 10.8. The lowest BCUT2D eigenvalue weighted by Crippen LogP contribution is -2.33. The van der Waals surface area contributed by atoms with Crippen LogP contribution in [0.5, 0.6) is 0 Å². The Morgan fingerprint density at radius 3 is 2.56 bits per heavy atom. The Balaban J connectivity index is 1.36. The lowest BCUT2D eigenvalue weighted by molar-refractivity contribution is -0.0483. The number of aromatic nitrogens is 4. The highest BCUT2D eigenvalue weighted by molar-refractivity contribution is 7.70. The van der Waals surface area contributed by atoms with Gasteiger partial charge in [0.2, 0.25) is 5.28 Å². The van der Waals surface area contributed by atoms with Crippen molar-refractivity contribution in [2.75, 3.05) is 17.8 Å². The number of benzene rings is 2. The van der Waals surface area contributed by atoms with Gasteiger partial charge >= 0.3 is 15.2 Å². The van der Waals surface area contributed by atoms with Gasteiger partial charge in [0.05, 0.1) is 12.9 Å². The van der Waals surface area contributed by atoms with Crippen molar-refractivity contribution in [3.8, 4) is 0 Å². The predicted molar refractivity (Wildman–Crippen MR) is 140 cm³/mol. The van der Waals surface area contributed by atoms with Crippen molar-refractivity contribution in [3.63, 3.8) is 0 Å². The summed E-state index contributed by atoms with van der Waals surface area (Å²) in [5.41, 5.74) is 1.50. The van der Waals surface area contributed by atoms with Gasteiger partial charge < -0.3 is 39.5 Å². The van der Waals surface area contributed by atoms with E-state index in [1.165, 1.54) is 10.9 Å². The third-order valence-electron chi connectivity index (χ3n) is 6.14. The lowest BCUT2D eigenvalue weighted by Gasteiger charge is -2.18. The molecule has 3 heterocycles. The highest BCUT2D eigenvalue weighted by Gasteiger charge is 2.45. The maximum absolute atomic E-state index is 12.0. The minimum absolute atomic E-state index is 0.115. The van der Waals surface area contributed by atoms with Crippen LogP contribution in [-0.4, -0.2) is 75.2 Å². The molecule has 2 aromatic heterocycles. The SMILES string of the molecule is O=P(O)(O)CP(=O)(O)OC[C@H]1O[C@@H](n2cnc3c(NCc4cccc5ccccc45)nc(Cl)nc32)[C@@H](O)C1O. The third-order valence-corrected chi connectivity index (χ3v) is 9.76. The van der Waals surface area contributed by atoms with E-state index in [-0.39, 0.29) is 10.9 Å². The summed E-state index contributed by atoms with van der Waals surface area (Å²) in [7, 11) is -9.53. The second-order valence-corrected chi connectivity index (χ2v) is 13.3. The van der Waals surface area contributed by atoms with Gasteiger partial charge in [-0.25, -0.2) is 4.98 Å². The fraction of sp³-hybridized carbons (Fsp3) is 0.318. The number of ether oxygens (including phenoxy) is 1. The number of hydrogen-bond acceptors (Lipinski definition) is 10. The van der Waals surface area contributed by atoms with E-state index in [1.807, 2.05) is 42.5 Å². The summed E-state index contributed by atoms with van der Waals surface area (Å²) < 4.78 is 34.8. The van der Waals surface area contributed by atoms with Crippen LogP contribution in [-0.2, 0) is 24.9 Å². The number of halogens is 1. The van der Waals surface area contributed by atoms with E-state index in [2.05, 4.69) is 20.3 Å². The van der Waals surface area contributed by atoms with Crippen LogP contribution in [0.15, 0.2) is 48.8 Å². The summed E-state index contributed by atoms with van der Waals surface area (Å²) in [6.07, 6.45) is -4.33. The molecule has 1 saturated heterocycles. The molecule has 5 atom stereocenters. The first-order valence-corrected chi connectivity index (χ1v) is 15.5. The number of imidazole rings is 1. The molecule has 1 aliphatic rings. The molecule has 0 bridgehead atoms. The summed E-state index contributed by atoms with van der Waals surface area (Å²) >= 11 is 6.18. The van der Waals surface area contributed by atoms with Crippen molar-refractivity contribution in [2.24, 2.45) is 0 Å². The Morgan fingerprint density at radius 1 is 1.05 bits per heavy atom. The summed E-state index contributed by atoms with van der Waals surface area (Å²) in [5.74, 6) is -1.08. The maximum atomic E-state index is 12.0. The van der Waals surface area contributed by atoms with Gasteiger partial charge in [-0.3, -0.25) is 13.7 Å². The van der Waals surface area contributed by atoms with E-state index in [0.717, 1.165) is 16.3 Å². The topological polar surface area (TPSA) is 209 Å². The minimum atomic E-state index is -4.84. The zero-order valence-corrected chi connectivity index (χ0v) is 22.5. The van der Waals surface area contributed by atoms with Crippen LogP contribution in [0.1, 0.15) is 11.8 Å². The molecule has 17 heteroatoms. The van der Waals surface area contributed by atoms with E-state index in [9.17, 15) is 24.2 Å². The second-order valence-electron chi connectivity index (χ2n) is 8.94. The fourth-order valence-corrected chi connectivity index (χ4v) is 7.12. The molecule has 2 unspecified atom stereocenters. The lowest BCUT2D eigenvalue weighted by atomic mass is 10.0. The van der Waals surface area contributed by atoms with Crippen molar-refractivity contribution in [1.82, 2.24) is 19.5 Å². The van der Waals surface area contributed by atoms with Crippen molar-refractivity contribution >= 4 is 54.5 Å². The molecule has 14 nitrogen and oxygen atoms in total. The summed E-state index contributed by atoms with van der Waals surface area (Å²) in [6.45, 7) is -0.324. The van der Waals surface area contributed by atoms with Gasteiger partial charge in [-0.2, -0.15) is 9.97 Å². The number of fused-ring (bicyclic) bond motifs is 2. The Morgan fingerprint density at radius 2 is 1.79 bits per heavy atom. The Bertz CT molecular complexity index is 1610. The molecule has 5 rings (SSSR count). The first-order chi connectivity index (χ1) is 18.4. The molecule has 6 N–H and O–H groups in total. The average molecular weight is 600 g/mol. The molecule has 0 aliphatic carbocycles. The quantitative estimate of drug-likeness (QED) is 0.120. The van der Waals surface area contributed by atoms with Crippen molar-refractivity contribution in [1.29, 1.82) is 0 Å². The highest BCUT2D eigenvalue weighted by atomic mass is 35.5. The van der Waals surface area contributed by atoms with Gasteiger partial charge in [0.15, 0.2) is 29.1 Å². The standard InChI is InChI=1S/C22H24ClN5O9P2/c23-22-26-19(24-8-13-6-3-5-12-4-1-2-7-14(12)13)16-20(27-22)28(10-25-16)21-18(30)17(29)15(37-21)9-36-39(34,35)11-38(31,32)33/h1-7,10,15,17-18,21,29-30H,8-9,11H2,(H,34,35)(H,24,26,27)(H2,31,32,33)/t15-,17?,18+,21-/m1/s1. The van der Waals surface area contributed by atoms with E-state index < -0.39 is 52.2 Å². The molecule has 4 aromatic rings. The molecule has 1 fully saturated rings. The van der Waals surface area contributed by atoms with Crippen LogP contribution in [0, 0.1) is 0 Å². The molecule has 0 radical (unpaired) electrons. The first-order valence-electron chi connectivity index (χ1n) is 11.5. The zero-order chi connectivity index (χ0) is 27.9. The number of nitrogens with one attached hydrogen (secondary N) is 1. The monoisotopic (exact) mass is 599 g/mol. The number of rotatable bonds is 9. The van der Waals surface area contributed by atoms with E-state index in [4.69, 9.17) is 30.6 Å².